The molecule has 1 aromatic rings. The summed E-state index contributed by atoms with van der Waals surface area (Å²) >= 11 is 0. The average molecular weight is 353 g/mol. The van der Waals surface area contributed by atoms with Crippen molar-refractivity contribution in [2.24, 2.45) is 5.92 Å². The SMILES string of the molecule is CC1CCC[C@](c2cccc(F)c2F)(N(C)C(=O)OC(C)(C)C)C1=O. The van der Waals surface area contributed by atoms with E-state index in [0.29, 0.717) is 12.8 Å². The highest BCUT2D eigenvalue weighted by atomic mass is 19.2. The van der Waals surface area contributed by atoms with Crippen molar-refractivity contribution in [3.05, 3.63) is 35.4 Å². The first kappa shape index (κ1) is 19.3. The molecule has 1 unspecified atom stereocenters. The fourth-order valence-electron chi connectivity index (χ4n) is 3.42. The summed E-state index contributed by atoms with van der Waals surface area (Å²) in [6.07, 6.45) is 0.765. The minimum absolute atomic E-state index is 0.114. The Bertz CT molecular complexity index is 684. The Balaban J connectivity index is 2.59. The molecule has 0 aromatic heterocycles. The Morgan fingerprint density at radius 1 is 1.32 bits per heavy atom. The van der Waals surface area contributed by atoms with Crippen molar-refractivity contribution in [3.63, 3.8) is 0 Å². The van der Waals surface area contributed by atoms with Gasteiger partial charge in [0.25, 0.3) is 0 Å². The zero-order chi connectivity index (χ0) is 19.0. The van der Waals surface area contributed by atoms with Gasteiger partial charge >= 0.3 is 6.09 Å². The Morgan fingerprint density at radius 3 is 2.56 bits per heavy atom. The van der Waals surface area contributed by atoms with Crippen molar-refractivity contribution in [2.75, 3.05) is 7.05 Å². The van der Waals surface area contributed by atoms with E-state index in [9.17, 15) is 18.4 Å². The fourth-order valence-corrected chi connectivity index (χ4v) is 3.42. The van der Waals surface area contributed by atoms with E-state index in [1.165, 1.54) is 19.2 Å². The summed E-state index contributed by atoms with van der Waals surface area (Å²) < 4.78 is 33.8. The summed E-state index contributed by atoms with van der Waals surface area (Å²) in [5.74, 6) is -2.79. The number of nitrogens with zero attached hydrogens (tertiary/aromatic N) is 1. The molecule has 1 aromatic carbocycles. The highest BCUT2D eigenvalue weighted by Crippen LogP contribution is 2.43. The molecule has 1 saturated carbocycles. The van der Waals surface area contributed by atoms with Crippen molar-refractivity contribution < 1.29 is 23.1 Å². The average Bonchev–Trinajstić information content (AvgIpc) is 2.51. The lowest BCUT2D eigenvalue weighted by atomic mass is 9.70. The Morgan fingerprint density at radius 2 is 1.96 bits per heavy atom. The van der Waals surface area contributed by atoms with Crippen LogP contribution >= 0.6 is 0 Å². The van der Waals surface area contributed by atoms with Crippen LogP contribution in [0.25, 0.3) is 0 Å². The van der Waals surface area contributed by atoms with Crippen molar-refractivity contribution in [2.45, 2.75) is 58.1 Å². The predicted octanol–water partition coefficient (Wildman–Crippen LogP) is 4.42. The van der Waals surface area contributed by atoms with Gasteiger partial charge in [-0.3, -0.25) is 9.69 Å². The van der Waals surface area contributed by atoms with Crippen LogP contribution in [0.1, 0.15) is 52.5 Å². The van der Waals surface area contributed by atoms with Gasteiger partial charge in [0, 0.05) is 18.5 Å². The van der Waals surface area contributed by atoms with Gasteiger partial charge in [-0.15, -0.1) is 0 Å². The molecule has 0 radical (unpaired) electrons. The maximum absolute atomic E-state index is 14.6. The van der Waals surface area contributed by atoms with E-state index in [4.69, 9.17) is 4.74 Å². The summed E-state index contributed by atoms with van der Waals surface area (Å²) in [5.41, 5.74) is -2.44. The molecule has 2 atom stereocenters. The van der Waals surface area contributed by atoms with Crippen molar-refractivity contribution in [1.29, 1.82) is 0 Å². The highest BCUT2D eigenvalue weighted by molar-refractivity contribution is 5.95. The van der Waals surface area contributed by atoms with E-state index in [1.54, 1.807) is 27.7 Å². The molecule has 1 aliphatic rings. The van der Waals surface area contributed by atoms with Crippen molar-refractivity contribution >= 4 is 11.9 Å². The van der Waals surface area contributed by atoms with Crippen LogP contribution in [0.5, 0.6) is 0 Å². The second kappa shape index (κ2) is 6.73. The van der Waals surface area contributed by atoms with Gasteiger partial charge in [-0.1, -0.05) is 19.1 Å². The molecule has 1 amide bonds. The fraction of sp³-hybridized carbons (Fsp3) is 0.579. The van der Waals surface area contributed by atoms with Crippen LogP contribution < -0.4 is 0 Å². The molecular formula is C19H25F2NO3. The third-order valence-electron chi connectivity index (χ3n) is 4.67. The first-order valence-electron chi connectivity index (χ1n) is 8.46. The smallest absolute Gasteiger partial charge is 0.411 e. The largest absolute Gasteiger partial charge is 0.444 e. The van der Waals surface area contributed by atoms with E-state index in [1.807, 2.05) is 0 Å². The predicted molar refractivity (Wildman–Crippen MR) is 90.1 cm³/mol. The van der Waals surface area contributed by atoms with E-state index in [-0.39, 0.29) is 23.7 Å². The minimum atomic E-state index is -1.56. The summed E-state index contributed by atoms with van der Waals surface area (Å²) in [6, 6.07) is 3.72. The first-order chi connectivity index (χ1) is 11.5. The minimum Gasteiger partial charge on any atom is -0.444 e. The van der Waals surface area contributed by atoms with Gasteiger partial charge < -0.3 is 4.74 Å². The number of likely N-dealkylation sites (N-methyl/N-ethyl adjacent to an activating group) is 1. The van der Waals surface area contributed by atoms with E-state index < -0.39 is 28.9 Å². The summed E-state index contributed by atoms with van der Waals surface area (Å²) in [6.45, 7) is 6.87. The van der Waals surface area contributed by atoms with Crippen LogP contribution in [-0.2, 0) is 15.1 Å². The summed E-state index contributed by atoms with van der Waals surface area (Å²) in [4.78, 5) is 26.8. The van der Waals surface area contributed by atoms with Crippen LogP contribution in [0.4, 0.5) is 13.6 Å². The topological polar surface area (TPSA) is 46.6 Å². The van der Waals surface area contributed by atoms with Crippen molar-refractivity contribution in [3.8, 4) is 0 Å². The molecule has 0 aliphatic heterocycles. The van der Waals surface area contributed by atoms with Crippen molar-refractivity contribution in [1.82, 2.24) is 4.90 Å². The number of halogens is 2. The van der Waals surface area contributed by atoms with Gasteiger partial charge in [0.1, 0.15) is 11.1 Å². The van der Waals surface area contributed by atoms with Crippen LogP contribution in [-0.4, -0.2) is 29.4 Å². The quantitative estimate of drug-likeness (QED) is 0.791. The highest BCUT2D eigenvalue weighted by Gasteiger charge is 2.52. The molecule has 0 N–H and O–H groups in total. The molecule has 1 aliphatic carbocycles. The van der Waals surface area contributed by atoms with Gasteiger partial charge in [-0.2, -0.15) is 0 Å². The third kappa shape index (κ3) is 3.53. The third-order valence-corrected chi connectivity index (χ3v) is 4.67. The van der Waals surface area contributed by atoms with E-state index in [0.717, 1.165) is 11.0 Å². The van der Waals surface area contributed by atoms with Gasteiger partial charge in [-0.25, -0.2) is 13.6 Å². The molecule has 0 bridgehead atoms. The molecule has 1 fully saturated rings. The zero-order valence-corrected chi connectivity index (χ0v) is 15.4. The standard InChI is InChI=1S/C19H25F2NO3/c1-12-8-7-11-19(16(12)23,13-9-6-10-14(20)15(13)21)22(5)17(24)25-18(2,3)4/h6,9-10,12H,7-8,11H2,1-5H3/t12?,19-/m1/s1. The molecule has 0 saturated heterocycles. The number of Topliss-reactive ketones (excluding diaryl/α,β-unsaturated/α-hetero) is 1. The molecular weight excluding hydrogens is 328 g/mol. The van der Waals surface area contributed by atoms with Gasteiger partial charge in [-0.05, 0) is 46.1 Å². The molecule has 138 valence electrons. The molecule has 0 heterocycles. The van der Waals surface area contributed by atoms with Crippen LogP contribution in [0.15, 0.2) is 18.2 Å². The maximum atomic E-state index is 14.6. The molecule has 0 spiro atoms. The lowest BCUT2D eigenvalue weighted by Crippen LogP contribution is -2.57. The number of carbonyl (C=O) groups is 2. The number of ether oxygens (including phenoxy) is 1. The number of carbonyl (C=O) groups excluding carboxylic acids is 2. The Hall–Kier alpha value is -1.98. The zero-order valence-electron chi connectivity index (χ0n) is 15.4. The van der Waals surface area contributed by atoms with E-state index >= 15 is 0 Å². The van der Waals surface area contributed by atoms with Gasteiger partial charge in [0.2, 0.25) is 0 Å². The second-order valence-electron chi connectivity index (χ2n) is 7.66. The van der Waals surface area contributed by atoms with Gasteiger partial charge in [0.05, 0.1) is 0 Å². The molecule has 2 rings (SSSR count). The summed E-state index contributed by atoms with van der Waals surface area (Å²) in [5, 5.41) is 0. The number of rotatable bonds is 2. The number of hydrogen-bond donors (Lipinski definition) is 0. The number of benzene rings is 1. The van der Waals surface area contributed by atoms with Crippen LogP contribution in [0, 0.1) is 17.6 Å². The lowest BCUT2D eigenvalue weighted by Gasteiger charge is -2.45. The second-order valence-corrected chi connectivity index (χ2v) is 7.66. The van der Waals surface area contributed by atoms with Crippen LogP contribution in [0.2, 0.25) is 0 Å². The lowest BCUT2D eigenvalue weighted by molar-refractivity contribution is -0.138. The number of ketones is 1. The molecule has 4 nitrogen and oxygen atoms in total. The Labute approximate surface area is 147 Å². The number of amides is 1. The monoisotopic (exact) mass is 353 g/mol. The molecule has 25 heavy (non-hydrogen) atoms. The van der Waals surface area contributed by atoms with E-state index in [2.05, 4.69) is 0 Å². The van der Waals surface area contributed by atoms with Crippen LogP contribution in [0.3, 0.4) is 0 Å². The first-order valence-corrected chi connectivity index (χ1v) is 8.46. The maximum Gasteiger partial charge on any atom is 0.411 e. The summed E-state index contributed by atoms with van der Waals surface area (Å²) in [7, 11) is 1.41. The number of hydrogen-bond acceptors (Lipinski definition) is 3. The van der Waals surface area contributed by atoms with Gasteiger partial charge in [0.15, 0.2) is 17.4 Å². The normalized spacial score (nSPS) is 24.1. The Kier molecular flexibility index (Phi) is 5.21. The molecule has 6 heteroatoms.